The van der Waals surface area contributed by atoms with E-state index in [2.05, 4.69) is 26.1 Å². The maximum atomic E-state index is 5.85. The van der Waals surface area contributed by atoms with Gasteiger partial charge in [0.15, 0.2) is 0 Å². The molecule has 0 aromatic rings. The van der Waals surface area contributed by atoms with Crippen LogP contribution in [-0.4, -0.2) is 50.7 Å². The molecule has 2 aliphatic rings. The minimum Gasteiger partial charge on any atom is -0.379 e. The second-order valence-electron chi connectivity index (χ2n) is 6.52. The van der Waals surface area contributed by atoms with E-state index in [9.17, 15) is 0 Å². The zero-order valence-corrected chi connectivity index (χ0v) is 12.4. The Labute approximate surface area is 110 Å². The monoisotopic (exact) mass is 257 g/mol. The SMILES string of the molecule is COC1CC2CC(C)(C)NC2C(C)(OC)C1OC. The Hall–Kier alpha value is -0.160. The molecule has 5 atom stereocenters. The second kappa shape index (κ2) is 4.75. The van der Waals surface area contributed by atoms with E-state index in [0.717, 1.165) is 12.8 Å². The molecule has 5 unspecified atom stereocenters. The van der Waals surface area contributed by atoms with E-state index in [0.29, 0.717) is 12.0 Å². The van der Waals surface area contributed by atoms with Crippen LogP contribution < -0.4 is 5.32 Å². The van der Waals surface area contributed by atoms with Crippen molar-refractivity contribution in [1.82, 2.24) is 5.32 Å². The minimum absolute atomic E-state index is 0.0323. The predicted molar refractivity (Wildman–Crippen MR) is 70.7 cm³/mol. The number of methoxy groups -OCH3 is 3. The molecule has 0 aromatic carbocycles. The molecule has 0 aromatic heterocycles. The van der Waals surface area contributed by atoms with E-state index in [1.54, 1.807) is 21.3 Å². The molecule has 106 valence electrons. The first-order chi connectivity index (χ1) is 8.38. The van der Waals surface area contributed by atoms with Gasteiger partial charge in [-0.15, -0.1) is 0 Å². The van der Waals surface area contributed by atoms with Crippen LogP contribution in [0.25, 0.3) is 0 Å². The Bertz CT molecular complexity index is 307. The van der Waals surface area contributed by atoms with Gasteiger partial charge in [-0.1, -0.05) is 0 Å². The van der Waals surface area contributed by atoms with Gasteiger partial charge in [-0.05, 0) is 39.5 Å². The van der Waals surface area contributed by atoms with Crippen molar-refractivity contribution >= 4 is 0 Å². The molecule has 2 fully saturated rings. The average Bonchev–Trinajstić information content (AvgIpc) is 2.64. The number of ether oxygens (including phenoxy) is 3. The fourth-order valence-corrected chi connectivity index (χ4v) is 4.02. The maximum absolute atomic E-state index is 5.85. The Balaban J connectivity index is 2.31. The molecule has 1 N–H and O–H groups in total. The summed E-state index contributed by atoms with van der Waals surface area (Å²) in [5.74, 6) is 0.585. The third-order valence-corrected chi connectivity index (χ3v) is 4.84. The molecule has 1 saturated heterocycles. The van der Waals surface area contributed by atoms with Crippen LogP contribution in [0.15, 0.2) is 0 Å². The zero-order chi connectivity index (χ0) is 13.6. The van der Waals surface area contributed by atoms with Crippen LogP contribution in [-0.2, 0) is 14.2 Å². The summed E-state index contributed by atoms with van der Waals surface area (Å²) in [6, 6.07) is 0.328. The molecule has 18 heavy (non-hydrogen) atoms. The van der Waals surface area contributed by atoms with Crippen LogP contribution >= 0.6 is 0 Å². The third-order valence-electron chi connectivity index (χ3n) is 4.84. The van der Waals surface area contributed by atoms with Gasteiger partial charge in [0, 0.05) is 32.9 Å². The van der Waals surface area contributed by atoms with Gasteiger partial charge in [-0.25, -0.2) is 0 Å². The quantitative estimate of drug-likeness (QED) is 0.833. The van der Waals surface area contributed by atoms with E-state index in [1.807, 2.05) is 0 Å². The van der Waals surface area contributed by atoms with Gasteiger partial charge in [0.05, 0.1) is 6.10 Å². The Morgan fingerprint density at radius 3 is 2.22 bits per heavy atom. The summed E-state index contributed by atoms with van der Waals surface area (Å²) in [6.07, 6.45) is 2.27. The van der Waals surface area contributed by atoms with Gasteiger partial charge in [-0.3, -0.25) is 0 Å². The number of fused-ring (bicyclic) bond motifs is 1. The Kier molecular flexibility index (Phi) is 3.76. The lowest BCUT2D eigenvalue weighted by Gasteiger charge is -2.50. The van der Waals surface area contributed by atoms with Crippen molar-refractivity contribution in [1.29, 1.82) is 0 Å². The predicted octanol–water partition coefficient (Wildman–Crippen LogP) is 1.58. The van der Waals surface area contributed by atoms with Gasteiger partial charge in [-0.2, -0.15) is 0 Å². The molecule has 0 amide bonds. The highest BCUT2D eigenvalue weighted by atomic mass is 16.6. The van der Waals surface area contributed by atoms with Crippen LogP contribution in [0, 0.1) is 5.92 Å². The molecule has 1 heterocycles. The maximum Gasteiger partial charge on any atom is 0.113 e. The molecule has 4 heteroatoms. The standard InChI is InChI=1S/C14H27NO3/c1-13(2)8-9-7-10(16-4)12(17-5)14(3,18-6)11(9)15-13/h9-12,15H,7-8H2,1-6H3. The summed E-state index contributed by atoms with van der Waals surface area (Å²) < 4.78 is 17.2. The van der Waals surface area contributed by atoms with Crippen LogP contribution in [0.2, 0.25) is 0 Å². The fourth-order valence-electron chi connectivity index (χ4n) is 4.02. The first-order valence-electron chi connectivity index (χ1n) is 6.76. The fraction of sp³-hybridized carbons (Fsp3) is 1.00. The van der Waals surface area contributed by atoms with E-state index < -0.39 is 0 Å². The Morgan fingerprint density at radius 2 is 1.72 bits per heavy atom. The van der Waals surface area contributed by atoms with Crippen molar-refractivity contribution in [3.63, 3.8) is 0 Å². The smallest absolute Gasteiger partial charge is 0.113 e. The molecule has 4 nitrogen and oxygen atoms in total. The second-order valence-corrected chi connectivity index (χ2v) is 6.52. The summed E-state index contributed by atoms with van der Waals surface area (Å²) in [6.45, 7) is 6.65. The number of nitrogens with one attached hydrogen (secondary N) is 1. The largest absolute Gasteiger partial charge is 0.379 e. The number of rotatable bonds is 3. The average molecular weight is 257 g/mol. The molecule has 0 radical (unpaired) electrons. The lowest BCUT2D eigenvalue weighted by Crippen LogP contribution is -2.66. The minimum atomic E-state index is -0.341. The Morgan fingerprint density at radius 1 is 1.06 bits per heavy atom. The van der Waals surface area contributed by atoms with Crippen molar-refractivity contribution in [2.24, 2.45) is 5.92 Å². The normalized spacial score (nSPS) is 47.0. The van der Waals surface area contributed by atoms with Gasteiger partial charge < -0.3 is 19.5 Å². The van der Waals surface area contributed by atoms with Crippen LogP contribution in [0.1, 0.15) is 33.6 Å². The van der Waals surface area contributed by atoms with Gasteiger partial charge in [0.2, 0.25) is 0 Å². The molecule has 1 aliphatic carbocycles. The first kappa shape index (κ1) is 14.3. The highest BCUT2D eigenvalue weighted by Crippen LogP contribution is 2.45. The summed E-state index contributed by atoms with van der Waals surface area (Å²) in [5.41, 5.74) is -0.178. The zero-order valence-electron chi connectivity index (χ0n) is 12.4. The van der Waals surface area contributed by atoms with Crippen molar-refractivity contribution in [3.8, 4) is 0 Å². The van der Waals surface area contributed by atoms with E-state index >= 15 is 0 Å². The van der Waals surface area contributed by atoms with Crippen molar-refractivity contribution in [2.45, 2.75) is 63.0 Å². The highest BCUT2D eigenvalue weighted by molar-refractivity contribution is 5.13. The molecular weight excluding hydrogens is 230 g/mol. The third kappa shape index (κ3) is 2.09. The van der Waals surface area contributed by atoms with E-state index in [1.165, 1.54) is 0 Å². The lowest BCUT2D eigenvalue weighted by molar-refractivity contribution is -0.198. The van der Waals surface area contributed by atoms with Crippen molar-refractivity contribution in [2.75, 3.05) is 21.3 Å². The van der Waals surface area contributed by atoms with Crippen molar-refractivity contribution in [3.05, 3.63) is 0 Å². The van der Waals surface area contributed by atoms with Crippen molar-refractivity contribution < 1.29 is 14.2 Å². The number of hydrogen-bond donors (Lipinski definition) is 1. The highest BCUT2D eigenvalue weighted by Gasteiger charge is 2.58. The van der Waals surface area contributed by atoms with Crippen LogP contribution in [0.3, 0.4) is 0 Å². The first-order valence-corrected chi connectivity index (χ1v) is 6.76. The topological polar surface area (TPSA) is 39.7 Å². The summed E-state index contributed by atoms with van der Waals surface area (Å²) >= 11 is 0. The summed E-state index contributed by atoms with van der Waals surface area (Å²) in [4.78, 5) is 0. The number of hydrogen-bond acceptors (Lipinski definition) is 4. The molecule has 1 aliphatic heterocycles. The van der Waals surface area contributed by atoms with Crippen LogP contribution in [0.4, 0.5) is 0 Å². The van der Waals surface area contributed by atoms with Crippen LogP contribution in [0.5, 0.6) is 0 Å². The molecule has 0 spiro atoms. The molecule has 0 bridgehead atoms. The summed E-state index contributed by atoms with van der Waals surface area (Å²) in [7, 11) is 5.28. The summed E-state index contributed by atoms with van der Waals surface area (Å²) in [5, 5.41) is 3.72. The lowest BCUT2D eigenvalue weighted by atomic mass is 9.71. The molecule has 1 saturated carbocycles. The van der Waals surface area contributed by atoms with Gasteiger partial charge in [0.1, 0.15) is 11.7 Å². The molecular formula is C14H27NO3. The van der Waals surface area contributed by atoms with Gasteiger partial charge >= 0.3 is 0 Å². The van der Waals surface area contributed by atoms with Gasteiger partial charge in [0.25, 0.3) is 0 Å². The van der Waals surface area contributed by atoms with E-state index in [4.69, 9.17) is 14.2 Å². The molecule has 2 rings (SSSR count). The van der Waals surface area contributed by atoms with E-state index in [-0.39, 0.29) is 23.3 Å².